The lowest BCUT2D eigenvalue weighted by Gasteiger charge is -2.45. The molecule has 0 spiro atoms. The van der Waals surface area contributed by atoms with Crippen LogP contribution in [-0.4, -0.2) is 127 Å². The van der Waals surface area contributed by atoms with Gasteiger partial charge >= 0.3 is 5.97 Å². The molecule has 10 atom stereocenters. The first kappa shape index (κ1) is 32.1. The number of carbonyl (C=O) groups is 1. The van der Waals surface area contributed by atoms with Crippen LogP contribution in [0.3, 0.4) is 0 Å². The van der Waals surface area contributed by atoms with Gasteiger partial charge in [-0.3, -0.25) is 4.79 Å². The summed E-state index contributed by atoms with van der Waals surface area (Å²) in [6.07, 6.45) is -6.93. The zero-order valence-electron chi connectivity index (χ0n) is 20.0. The van der Waals surface area contributed by atoms with Crippen molar-refractivity contribution in [3.8, 4) is 0 Å². The average Bonchev–Trinajstić information content (AvgIpc) is 2.83. The monoisotopic (exact) mass is 514 g/mol. The lowest BCUT2D eigenvalue weighted by atomic mass is 9.97. The van der Waals surface area contributed by atoms with Gasteiger partial charge in [0.15, 0.2) is 12.6 Å². The summed E-state index contributed by atoms with van der Waals surface area (Å²) in [7, 11) is 0. The molecule has 0 aliphatic carbocycles. The average molecular weight is 515 g/mol. The molecular weight excluding hydrogens is 472 g/mol. The molecule has 0 bridgehead atoms. The molecule has 2 aliphatic heterocycles. The quantitative estimate of drug-likeness (QED) is 0.126. The summed E-state index contributed by atoms with van der Waals surface area (Å²) in [6.45, 7) is 0.854. The maximum absolute atomic E-state index is 10.1. The Bertz CT molecular complexity index is 576. The van der Waals surface area contributed by atoms with E-state index in [2.05, 4.69) is 6.92 Å². The molecule has 0 saturated carbocycles. The van der Waals surface area contributed by atoms with Gasteiger partial charge in [-0.1, -0.05) is 45.4 Å². The molecule has 13 heteroatoms. The number of carboxylic acids is 1. The Morgan fingerprint density at radius 3 is 1.83 bits per heavy atom. The Morgan fingerprint density at radius 1 is 0.714 bits per heavy atom. The van der Waals surface area contributed by atoms with E-state index in [-0.39, 0.29) is 0 Å². The van der Waals surface area contributed by atoms with Crippen LogP contribution in [0, 0.1) is 0 Å². The van der Waals surface area contributed by atoms with E-state index in [1.54, 1.807) is 0 Å². The van der Waals surface area contributed by atoms with E-state index in [4.69, 9.17) is 24.4 Å². The van der Waals surface area contributed by atoms with Gasteiger partial charge in [0.25, 0.3) is 0 Å². The molecule has 0 radical (unpaired) electrons. The van der Waals surface area contributed by atoms with E-state index in [0.717, 1.165) is 12.8 Å². The van der Waals surface area contributed by atoms with Crippen molar-refractivity contribution in [3.05, 3.63) is 0 Å². The third-order valence-electron chi connectivity index (χ3n) is 5.97. The van der Waals surface area contributed by atoms with Crippen molar-refractivity contribution < 1.29 is 65.0 Å². The van der Waals surface area contributed by atoms with Gasteiger partial charge in [0.1, 0.15) is 48.8 Å². The second kappa shape index (κ2) is 16.7. The molecule has 2 heterocycles. The summed E-state index contributed by atoms with van der Waals surface area (Å²) >= 11 is 0. The van der Waals surface area contributed by atoms with Crippen molar-refractivity contribution in [3.63, 3.8) is 0 Å². The fraction of sp³-hybridized carbons (Fsp3) is 0.955. The normalized spacial score (nSPS) is 37.4. The SMILES string of the molecule is CCCCCCCCCC(=O)O.OC[C@H]1O[C@@H](O[C@H]2[C@H](O)[C@@H](O)C(O)O[C@@H]2CO)[C@H](O)[C@@H](O)[C@H]1O. The number of ether oxygens (including phenoxy) is 3. The first-order chi connectivity index (χ1) is 16.6. The van der Waals surface area contributed by atoms with Gasteiger partial charge in [-0.15, -0.1) is 0 Å². The topological polar surface area (TPSA) is 227 Å². The van der Waals surface area contributed by atoms with Crippen LogP contribution in [-0.2, 0) is 19.0 Å². The first-order valence-electron chi connectivity index (χ1n) is 12.1. The molecule has 9 N–H and O–H groups in total. The summed E-state index contributed by atoms with van der Waals surface area (Å²) in [5, 5.41) is 84.8. The van der Waals surface area contributed by atoms with Gasteiger partial charge in [0.2, 0.25) is 0 Å². The lowest BCUT2D eigenvalue weighted by Crippen LogP contribution is -2.64. The number of hydrogen-bond donors (Lipinski definition) is 9. The summed E-state index contributed by atoms with van der Waals surface area (Å²) in [6, 6.07) is 0. The predicted octanol–water partition coefficient (Wildman–Crippen LogP) is -2.19. The zero-order valence-corrected chi connectivity index (χ0v) is 20.0. The Morgan fingerprint density at radius 2 is 1.29 bits per heavy atom. The summed E-state index contributed by atoms with van der Waals surface area (Å²) in [5.41, 5.74) is 0. The van der Waals surface area contributed by atoms with Crippen LogP contribution in [0.1, 0.15) is 58.3 Å². The maximum Gasteiger partial charge on any atom is 0.303 e. The highest BCUT2D eigenvalue weighted by Gasteiger charge is 2.50. The lowest BCUT2D eigenvalue weighted by molar-refractivity contribution is -0.355. The highest BCUT2D eigenvalue weighted by molar-refractivity contribution is 5.66. The van der Waals surface area contributed by atoms with Gasteiger partial charge in [0, 0.05) is 6.42 Å². The van der Waals surface area contributed by atoms with Crippen molar-refractivity contribution in [2.75, 3.05) is 13.2 Å². The molecule has 13 nitrogen and oxygen atoms in total. The minimum atomic E-state index is -1.74. The number of rotatable bonds is 12. The largest absolute Gasteiger partial charge is 0.481 e. The fourth-order valence-corrected chi connectivity index (χ4v) is 3.80. The molecule has 0 aromatic carbocycles. The molecule has 2 fully saturated rings. The van der Waals surface area contributed by atoms with E-state index < -0.39 is 80.6 Å². The smallest absolute Gasteiger partial charge is 0.303 e. The number of carboxylic acid groups (broad SMARTS) is 1. The molecule has 208 valence electrons. The van der Waals surface area contributed by atoms with E-state index >= 15 is 0 Å². The summed E-state index contributed by atoms with van der Waals surface area (Å²) in [5.74, 6) is -0.663. The van der Waals surface area contributed by atoms with Crippen LogP contribution in [0.15, 0.2) is 0 Å². The first-order valence-corrected chi connectivity index (χ1v) is 12.1. The van der Waals surface area contributed by atoms with E-state index in [9.17, 15) is 40.5 Å². The van der Waals surface area contributed by atoms with Crippen LogP contribution in [0.2, 0.25) is 0 Å². The second-order valence-corrected chi connectivity index (χ2v) is 8.79. The number of aliphatic hydroxyl groups is 8. The summed E-state index contributed by atoms with van der Waals surface area (Å²) < 4.78 is 15.3. The van der Waals surface area contributed by atoms with Crippen LogP contribution < -0.4 is 0 Å². The molecule has 2 rings (SSSR count). The second-order valence-electron chi connectivity index (χ2n) is 8.79. The van der Waals surface area contributed by atoms with Crippen molar-refractivity contribution in [2.45, 2.75) is 120 Å². The van der Waals surface area contributed by atoms with Crippen molar-refractivity contribution in [2.24, 2.45) is 0 Å². The van der Waals surface area contributed by atoms with Crippen LogP contribution in [0.4, 0.5) is 0 Å². The predicted molar refractivity (Wildman–Crippen MR) is 119 cm³/mol. The highest BCUT2D eigenvalue weighted by Crippen LogP contribution is 2.28. The standard InChI is InChI=1S/C12H22O11.C10H20O2/c13-1-3-5(15)6(16)9(19)12(22-3)23-10-4(2-14)21-11(20)8(18)7(10)17;1-2-3-4-5-6-7-8-9-10(11)12/h3-20H,1-2H2;2-9H2,1H3,(H,11,12)/t3-,4-,5+,6+,7-,8-,9-,10-,11?,12+;/m1./s1. The van der Waals surface area contributed by atoms with Gasteiger partial charge in [-0.2, -0.15) is 0 Å². The third-order valence-corrected chi connectivity index (χ3v) is 5.97. The van der Waals surface area contributed by atoms with E-state index in [0.29, 0.717) is 6.42 Å². The number of aliphatic hydroxyl groups excluding tert-OH is 8. The number of aliphatic carboxylic acids is 1. The molecule has 0 amide bonds. The molecule has 0 aromatic rings. The molecule has 2 saturated heterocycles. The van der Waals surface area contributed by atoms with Crippen molar-refractivity contribution >= 4 is 5.97 Å². The van der Waals surface area contributed by atoms with Gasteiger partial charge in [-0.05, 0) is 6.42 Å². The maximum atomic E-state index is 10.1. The highest BCUT2D eigenvalue weighted by atomic mass is 16.7. The van der Waals surface area contributed by atoms with Gasteiger partial charge in [-0.25, -0.2) is 0 Å². The molecule has 2 aliphatic rings. The molecule has 1 unspecified atom stereocenters. The minimum absolute atomic E-state index is 0.341. The van der Waals surface area contributed by atoms with Gasteiger partial charge < -0.3 is 60.2 Å². The third kappa shape index (κ3) is 10.1. The Labute approximate surface area is 204 Å². The van der Waals surface area contributed by atoms with Crippen molar-refractivity contribution in [1.29, 1.82) is 0 Å². The molecular formula is C22H42O13. The minimum Gasteiger partial charge on any atom is -0.481 e. The Hall–Kier alpha value is -0.970. The van der Waals surface area contributed by atoms with Crippen LogP contribution in [0.25, 0.3) is 0 Å². The zero-order chi connectivity index (χ0) is 26.5. The van der Waals surface area contributed by atoms with Gasteiger partial charge in [0.05, 0.1) is 13.2 Å². The Kier molecular flexibility index (Phi) is 15.3. The fourth-order valence-electron chi connectivity index (χ4n) is 3.80. The van der Waals surface area contributed by atoms with E-state index in [1.165, 1.54) is 32.1 Å². The molecule has 0 aromatic heterocycles. The van der Waals surface area contributed by atoms with Crippen LogP contribution >= 0.6 is 0 Å². The van der Waals surface area contributed by atoms with Crippen LogP contribution in [0.5, 0.6) is 0 Å². The number of unbranched alkanes of at least 4 members (excludes halogenated alkanes) is 6. The van der Waals surface area contributed by atoms with E-state index in [1.807, 2.05) is 0 Å². The van der Waals surface area contributed by atoms with Crippen molar-refractivity contribution in [1.82, 2.24) is 0 Å². The summed E-state index contributed by atoms with van der Waals surface area (Å²) in [4.78, 5) is 10.1. The number of hydrogen-bond acceptors (Lipinski definition) is 12. The Balaban J connectivity index is 0.000000434. The molecule has 35 heavy (non-hydrogen) atoms.